The predicted octanol–water partition coefficient (Wildman–Crippen LogP) is 28.7. The molecule has 0 aliphatic heterocycles. The second kappa shape index (κ2) is 65.3. The third-order valence-electron chi connectivity index (χ3n) is 14.2. The Kier molecular flexibility index (Phi) is 82.9. The molecule has 0 aromatic carbocycles. The first kappa shape index (κ1) is 91.4. The van der Waals surface area contributed by atoms with Gasteiger partial charge in [-0.3, -0.25) is 0 Å². The molecule has 0 nitrogen and oxygen atoms in total. The van der Waals surface area contributed by atoms with E-state index < -0.39 is 0 Å². The lowest BCUT2D eigenvalue weighted by Crippen LogP contribution is -2.19. The minimum absolute atomic E-state index is 0.500. The highest BCUT2D eigenvalue weighted by Crippen LogP contribution is 2.40. The van der Waals surface area contributed by atoms with E-state index in [1.807, 2.05) is 41.5 Å². The molecule has 0 radical (unpaired) electrons. The van der Waals surface area contributed by atoms with E-state index >= 15 is 0 Å². The van der Waals surface area contributed by atoms with Gasteiger partial charge in [0.2, 0.25) is 0 Å². The maximum Gasteiger partial charge on any atom is -0.0328 e. The van der Waals surface area contributed by atoms with Gasteiger partial charge in [-0.15, -0.1) is 0 Å². The molecule has 5 saturated carbocycles. The van der Waals surface area contributed by atoms with Crippen molar-refractivity contribution in [1.82, 2.24) is 0 Å². The second-order valence-corrected chi connectivity index (χ2v) is 27.5. The molecule has 0 atom stereocenters. The van der Waals surface area contributed by atoms with E-state index in [0.29, 0.717) is 16.2 Å². The lowest BCUT2D eigenvalue weighted by Gasteiger charge is -2.32. The van der Waals surface area contributed by atoms with Crippen molar-refractivity contribution in [1.29, 1.82) is 0 Å². The van der Waals surface area contributed by atoms with Crippen LogP contribution in [0.2, 0.25) is 0 Å². The highest BCUT2D eigenvalue weighted by Gasteiger charge is 2.26. The van der Waals surface area contributed by atoms with Crippen molar-refractivity contribution in [3.63, 3.8) is 0 Å². The summed E-state index contributed by atoms with van der Waals surface area (Å²) in [5, 5.41) is 0. The van der Waals surface area contributed by atoms with Crippen molar-refractivity contribution in [2.45, 2.75) is 408 Å². The third kappa shape index (κ3) is 103. The van der Waals surface area contributed by atoms with Gasteiger partial charge in [-0.1, -0.05) is 383 Å². The lowest BCUT2D eigenvalue weighted by atomic mass is 9.74. The van der Waals surface area contributed by atoms with Gasteiger partial charge >= 0.3 is 0 Å². The summed E-state index contributed by atoms with van der Waals surface area (Å²) in [5.41, 5.74) is 2.44. The van der Waals surface area contributed by atoms with Crippen LogP contribution in [0.15, 0.2) is 0 Å². The fourth-order valence-electron chi connectivity index (χ4n) is 7.27. The maximum absolute atomic E-state index is 2.42. The van der Waals surface area contributed by atoms with Gasteiger partial charge in [0.25, 0.3) is 0 Å². The molecule has 0 unspecified atom stereocenters. The van der Waals surface area contributed by atoms with Crippen LogP contribution in [0.5, 0.6) is 0 Å². The van der Waals surface area contributed by atoms with Gasteiger partial charge in [-0.25, -0.2) is 0 Å². The fourth-order valence-corrected chi connectivity index (χ4v) is 7.27. The normalized spacial score (nSPS) is 17.7. The van der Waals surface area contributed by atoms with Crippen molar-refractivity contribution in [2.24, 2.45) is 63.1 Å². The number of hydrogen-bond acceptors (Lipinski definition) is 0. The Morgan fingerprint density at radius 3 is 0.792 bits per heavy atom. The fraction of sp³-hybridized carbons (Fsp3) is 1.00. The second-order valence-electron chi connectivity index (χ2n) is 27.5. The van der Waals surface area contributed by atoms with E-state index in [9.17, 15) is 0 Å². The van der Waals surface area contributed by atoms with E-state index in [1.165, 1.54) is 180 Å². The van der Waals surface area contributed by atoms with Crippen molar-refractivity contribution >= 4 is 0 Å². The molecule has 0 bridgehead atoms. The summed E-state index contributed by atoms with van der Waals surface area (Å²) < 4.78 is 0. The van der Waals surface area contributed by atoms with Gasteiger partial charge in [-0.2, -0.15) is 0 Å². The van der Waals surface area contributed by atoms with Crippen LogP contribution in [0, 0.1) is 63.1 Å². The molecular formula is C72H162. The number of hydrogen-bond donors (Lipinski definition) is 0. The zero-order chi connectivity index (χ0) is 58.8. The summed E-state index contributed by atoms with van der Waals surface area (Å²) in [7, 11) is 0. The van der Waals surface area contributed by atoms with Crippen LogP contribution in [0.4, 0.5) is 0 Å². The highest BCUT2D eigenvalue weighted by molar-refractivity contribution is 4.78. The lowest BCUT2D eigenvalue weighted by molar-refractivity contribution is 0.201. The summed E-state index contributed by atoms with van der Waals surface area (Å²) in [6.07, 6.45) is 40.4. The monoisotopic (exact) mass is 1030 g/mol. The van der Waals surface area contributed by atoms with E-state index in [4.69, 9.17) is 0 Å². The minimum atomic E-state index is 0.500. The molecule has 0 heterocycles. The van der Waals surface area contributed by atoms with Crippen LogP contribution in [0.25, 0.3) is 0 Å². The van der Waals surface area contributed by atoms with Crippen LogP contribution in [0.3, 0.4) is 0 Å². The Morgan fingerprint density at radius 1 is 0.417 bits per heavy atom. The van der Waals surface area contributed by atoms with Crippen LogP contribution < -0.4 is 0 Å². The molecule has 5 rings (SSSR count). The van der Waals surface area contributed by atoms with Gasteiger partial charge in [0.15, 0.2) is 0 Å². The Balaban J connectivity index is -0.0000000865. The molecule has 0 spiro atoms. The zero-order valence-corrected chi connectivity index (χ0v) is 58.8. The summed E-state index contributed by atoms with van der Waals surface area (Å²) in [6.45, 7) is 72.7. The SMILES string of the molecule is CC.CC.CC.CC(C)(C)C.CC(C)C.CC1CCC(C)(C)CC1.CC1CCCC1.CC1CCCCC1.CCC.CCC(C)(C)C.CCC(C)C.CCC(C)CC.CCC1(C)CCCC1.CCC1CCCC1. The smallest absolute Gasteiger partial charge is 0.0328 e. The highest BCUT2D eigenvalue weighted by atomic mass is 14.3. The van der Waals surface area contributed by atoms with E-state index in [1.54, 1.807) is 0 Å². The molecule has 0 heteroatoms. The van der Waals surface area contributed by atoms with Crippen LogP contribution in [-0.4, -0.2) is 0 Å². The molecule has 0 amide bonds. The Hall–Kier alpha value is 0. The molecule has 5 aliphatic rings. The first-order chi connectivity index (χ1) is 33.4. The molecule has 0 saturated heterocycles. The number of rotatable bonds is 5. The first-order valence-corrected chi connectivity index (χ1v) is 33.4. The Bertz CT molecular complexity index is 828. The first-order valence-electron chi connectivity index (χ1n) is 33.4. The van der Waals surface area contributed by atoms with Crippen LogP contribution >= 0.6 is 0 Å². The van der Waals surface area contributed by atoms with Crippen LogP contribution in [0.1, 0.15) is 408 Å². The van der Waals surface area contributed by atoms with Crippen molar-refractivity contribution < 1.29 is 0 Å². The minimum Gasteiger partial charge on any atom is -0.0683 e. The Labute approximate surface area is 469 Å². The van der Waals surface area contributed by atoms with Gasteiger partial charge in [0.1, 0.15) is 0 Å². The van der Waals surface area contributed by atoms with Gasteiger partial charge in [0, 0.05) is 0 Å². The average molecular weight is 1030 g/mol. The van der Waals surface area contributed by atoms with E-state index in [2.05, 4.69) is 187 Å². The average Bonchev–Trinajstić information content (AvgIpc) is 4.15. The molecule has 72 heavy (non-hydrogen) atoms. The molecule has 450 valence electrons. The largest absolute Gasteiger partial charge is 0.0683 e. The predicted molar refractivity (Wildman–Crippen MR) is 351 cm³/mol. The summed E-state index contributed by atoms with van der Waals surface area (Å²) >= 11 is 0. The van der Waals surface area contributed by atoms with Crippen molar-refractivity contribution in [3.8, 4) is 0 Å². The maximum atomic E-state index is 2.42. The summed E-state index contributed by atoms with van der Waals surface area (Å²) in [5.74, 6) is 6.83. The van der Waals surface area contributed by atoms with E-state index in [0.717, 1.165) is 46.8 Å². The van der Waals surface area contributed by atoms with Gasteiger partial charge < -0.3 is 0 Å². The zero-order valence-electron chi connectivity index (χ0n) is 58.8. The van der Waals surface area contributed by atoms with Gasteiger partial charge in [-0.05, 0) is 88.8 Å². The van der Waals surface area contributed by atoms with E-state index in [-0.39, 0.29) is 0 Å². The molecule has 0 aromatic rings. The Morgan fingerprint density at radius 2 is 0.667 bits per heavy atom. The van der Waals surface area contributed by atoms with Crippen molar-refractivity contribution in [3.05, 3.63) is 0 Å². The topological polar surface area (TPSA) is 0 Å². The quantitative estimate of drug-likeness (QED) is 0.257. The standard InChI is InChI=1S/C9H18.C8H16.2C7H14.C6H12.2C6H14.2C5H12.C4H10.C3H8.3C2H6/c1-8-4-6-9(2,3)7-5-8;1-3-8(2)6-4-5-7-8;1-7-5-3-2-4-6-7;1-2-7-5-3-4-6-7;1-6-4-2-3-5-6;1-5-6(2,3)4;1-4-6(3)5-2;1-5(2,3)4;1-4-5(2)3;1-4(2)3;1-3-2;3*1-2/h8H,4-7H2,1-3H3;3-7H2,1-2H3;2*7H,2-6H2,1H3;6H,2-5H2,1H3;5H2,1-4H3;6H,4-5H2,1-3H3;1-4H3;5H,4H2,1-3H3;4H,1-3H3;3H2,1-2H3;3*1-2H3. The van der Waals surface area contributed by atoms with Gasteiger partial charge in [0.05, 0.1) is 0 Å². The molecule has 5 aliphatic carbocycles. The molecule has 5 fully saturated rings. The third-order valence-corrected chi connectivity index (χ3v) is 14.2. The summed E-state index contributed by atoms with van der Waals surface area (Å²) in [6, 6.07) is 0. The van der Waals surface area contributed by atoms with Crippen molar-refractivity contribution in [2.75, 3.05) is 0 Å². The molecule has 0 aromatic heterocycles. The van der Waals surface area contributed by atoms with Crippen LogP contribution in [-0.2, 0) is 0 Å². The molecule has 0 N–H and O–H groups in total. The summed E-state index contributed by atoms with van der Waals surface area (Å²) in [4.78, 5) is 0. The molecular weight excluding hydrogens is 865 g/mol.